The highest BCUT2D eigenvalue weighted by atomic mass is 32.2. The SMILES string of the molecule is CSC(C)CNC(=O)Nc1cccc2cccnc12. The number of benzene rings is 1. The van der Waals surface area contributed by atoms with Crippen LogP contribution in [0.2, 0.25) is 0 Å². The molecule has 100 valence electrons. The number of nitrogens with one attached hydrogen (secondary N) is 2. The lowest BCUT2D eigenvalue weighted by Crippen LogP contribution is -2.33. The molecular formula is C14H17N3OS. The number of amides is 2. The van der Waals surface area contributed by atoms with Crippen molar-refractivity contribution in [3.05, 3.63) is 36.5 Å². The molecular weight excluding hydrogens is 258 g/mol. The first-order chi connectivity index (χ1) is 9.20. The van der Waals surface area contributed by atoms with Gasteiger partial charge in [-0.25, -0.2) is 4.79 Å². The standard InChI is InChI=1S/C14H17N3OS/c1-10(19-2)9-16-14(18)17-12-7-3-5-11-6-4-8-15-13(11)12/h3-8,10H,9H2,1-2H3,(H2,16,17,18). The average Bonchev–Trinajstić information content (AvgIpc) is 2.45. The molecule has 2 N–H and O–H groups in total. The summed E-state index contributed by atoms with van der Waals surface area (Å²) in [6, 6.07) is 9.39. The lowest BCUT2D eigenvalue weighted by atomic mass is 10.2. The van der Waals surface area contributed by atoms with Crippen molar-refractivity contribution < 1.29 is 4.79 Å². The summed E-state index contributed by atoms with van der Waals surface area (Å²) in [7, 11) is 0. The van der Waals surface area contributed by atoms with Gasteiger partial charge < -0.3 is 10.6 Å². The van der Waals surface area contributed by atoms with E-state index in [0.29, 0.717) is 11.8 Å². The van der Waals surface area contributed by atoms with E-state index >= 15 is 0 Å². The molecule has 4 nitrogen and oxygen atoms in total. The Labute approximate surface area is 117 Å². The third kappa shape index (κ3) is 3.61. The Bertz CT molecular complexity index is 568. The second-order valence-corrected chi connectivity index (χ2v) is 5.54. The Balaban J connectivity index is 2.07. The number of carbonyl (C=O) groups excluding carboxylic acids is 1. The normalized spacial score (nSPS) is 12.1. The molecule has 0 aliphatic heterocycles. The van der Waals surface area contributed by atoms with E-state index in [0.717, 1.165) is 16.6 Å². The molecule has 0 saturated carbocycles. The van der Waals surface area contributed by atoms with Crippen LogP contribution in [0.5, 0.6) is 0 Å². The van der Waals surface area contributed by atoms with E-state index in [2.05, 4.69) is 22.5 Å². The van der Waals surface area contributed by atoms with Crippen molar-refractivity contribution in [1.82, 2.24) is 10.3 Å². The minimum absolute atomic E-state index is 0.195. The first-order valence-electron chi connectivity index (χ1n) is 6.12. The molecule has 0 saturated heterocycles. The number of para-hydroxylation sites is 1. The van der Waals surface area contributed by atoms with Gasteiger partial charge in [-0.05, 0) is 18.4 Å². The predicted octanol–water partition coefficient (Wildman–Crippen LogP) is 3.11. The number of thioether (sulfide) groups is 1. The fraction of sp³-hybridized carbons (Fsp3) is 0.286. The van der Waals surface area contributed by atoms with Crippen LogP contribution in [0.4, 0.5) is 10.5 Å². The predicted molar refractivity (Wildman–Crippen MR) is 81.7 cm³/mol. The number of urea groups is 1. The van der Waals surface area contributed by atoms with Crippen LogP contribution in [-0.4, -0.2) is 29.1 Å². The van der Waals surface area contributed by atoms with Crippen molar-refractivity contribution in [3.8, 4) is 0 Å². The molecule has 0 bridgehead atoms. The maximum absolute atomic E-state index is 11.8. The highest BCUT2D eigenvalue weighted by molar-refractivity contribution is 7.99. The van der Waals surface area contributed by atoms with Crippen LogP contribution in [0.15, 0.2) is 36.5 Å². The fourth-order valence-corrected chi connectivity index (χ4v) is 1.94. The lowest BCUT2D eigenvalue weighted by molar-refractivity contribution is 0.252. The number of carbonyl (C=O) groups is 1. The second-order valence-electron chi connectivity index (χ2n) is 4.26. The molecule has 2 rings (SSSR count). The number of rotatable bonds is 4. The number of pyridine rings is 1. The van der Waals surface area contributed by atoms with Crippen LogP contribution in [0.1, 0.15) is 6.92 Å². The highest BCUT2D eigenvalue weighted by Gasteiger charge is 2.07. The van der Waals surface area contributed by atoms with Gasteiger partial charge in [0.25, 0.3) is 0 Å². The van der Waals surface area contributed by atoms with Gasteiger partial charge in [0.1, 0.15) is 0 Å². The van der Waals surface area contributed by atoms with Gasteiger partial charge in [-0.3, -0.25) is 4.98 Å². The molecule has 2 aromatic rings. The van der Waals surface area contributed by atoms with Gasteiger partial charge >= 0.3 is 6.03 Å². The summed E-state index contributed by atoms with van der Waals surface area (Å²) in [4.78, 5) is 16.1. The molecule has 0 radical (unpaired) electrons. The molecule has 1 heterocycles. The zero-order chi connectivity index (χ0) is 13.7. The Morgan fingerprint density at radius 2 is 2.16 bits per heavy atom. The van der Waals surface area contributed by atoms with Gasteiger partial charge in [0.05, 0.1) is 11.2 Å². The molecule has 0 aliphatic carbocycles. The van der Waals surface area contributed by atoms with Crippen LogP contribution in [0, 0.1) is 0 Å². The summed E-state index contributed by atoms with van der Waals surface area (Å²) in [5.41, 5.74) is 1.53. The van der Waals surface area contributed by atoms with Crippen molar-refractivity contribution >= 4 is 34.4 Å². The Kier molecular flexibility index (Phi) is 4.63. The molecule has 0 aliphatic rings. The average molecular weight is 275 g/mol. The van der Waals surface area contributed by atoms with E-state index in [4.69, 9.17) is 0 Å². The molecule has 2 amide bonds. The minimum Gasteiger partial charge on any atom is -0.337 e. The first kappa shape index (κ1) is 13.7. The van der Waals surface area contributed by atoms with E-state index in [1.807, 2.05) is 36.6 Å². The number of hydrogen-bond donors (Lipinski definition) is 2. The van der Waals surface area contributed by atoms with E-state index < -0.39 is 0 Å². The Morgan fingerprint density at radius 1 is 1.37 bits per heavy atom. The molecule has 5 heteroatoms. The van der Waals surface area contributed by atoms with Gasteiger partial charge in [0.2, 0.25) is 0 Å². The van der Waals surface area contributed by atoms with Crippen molar-refractivity contribution in [2.75, 3.05) is 18.1 Å². The first-order valence-corrected chi connectivity index (χ1v) is 7.41. The number of nitrogens with zero attached hydrogens (tertiary/aromatic N) is 1. The zero-order valence-electron chi connectivity index (χ0n) is 11.0. The number of aromatic nitrogens is 1. The minimum atomic E-state index is -0.195. The van der Waals surface area contributed by atoms with E-state index in [-0.39, 0.29) is 6.03 Å². The van der Waals surface area contributed by atoms with Gasteiger partial charge in [0.15, 0.2) is 0 Å². The third-order valence-corrected chi connectivity index (χ3v) is 3.80. The monoisotopic (exact) mass is 275 g/mol. The zero-order valence-corrected chi connectivity index (χ0v) is 11.8. The highest BCUT2D eigenvalue weighted by Crippen LogP contribution is 2.20. The summed E-state index contributed by atoms with van der Waals surface area (Å²) in [6.07, 6.45) is 3.75. The van der Waals surface area contributed by atoms with Crippen LogP contribution in [-0.2, 0) is 0 Å². The molecule has 0 fully saturated rings. The topological polar surface area (TPSA) is 54.0 Å². The summed E-state index contributed by atoms with van der Waals surface area (Å²) in [5, 5.41) is 7.10. The van der Waals surface area contributed by atoms with Crippen LogP contribution >= 0.6 is 11.8 Å². The molecule has 1 aromatic heterocycles. The smallest absolute Gasteiger partial charge is 0.319 e. The van der Waals surface area contributed by atoms with Crippen LogP contribution in [0.25, 0.3) is 10.9 Å². The van der Waals surface area contributed by atoms with E-state index in [1.54, 1.807) is 18.0 Å². The largest absolute Gasteiger partial charge is 0.337 e. The fourth-order valence-electron chi connectivity index (χ4n) is 1.69. The van der Waals surface area contributed by atoms with Crippen molar-refractivity contribution in [1.29, 1.82) is 0 Å². The molecule has 1 aromatic carbocycles. The number of fused-ring (bicyclic) bond motifs is 1. The summed E-state index contributed by atoms with van der Waals surface area (Å²) in [5.74, 6) is 0. The Hall–Kier alpha value is -1.75. The van der Waals surface area contributed by atoms with E-state index in [1.165, 1.54) is 0 Å². The maximum Gasteiger partial charge on any atom is 0.319 e. The van der Waals surface area contributed by atoms with Crippen molar-refractivity contribution in [2.24, 2.45) is 0 Å². The summed E-state index contributed by atoms with van der Waals surface area (Å²) in [6.45, 7) is 2.72. The van der Waals surface area contributed by atoms with Gasteiger partial charge in [-0.2, -0.15) is 11.8 Å². The maximum atomic E-state index is 11.8. The molecule has 0 spiro atoms. The van der Waals surface area contributed by atoms with Gasteiger partial charge in [0, 0.05) is 23.4 Å². The van der Waals surface area contributed by atoms with Crippen LogP contribution < -0.4 is 10.6 Å². The van der Waals surface area contributed by atoms with Gasteiger partial charge in [-0.1, -0.05) is 25.1 Å². The molecule has 1 atom stereocenters. The quantitative estimate of drug-likeness (QED) is 0.901. The van der Waals surface area contributed by atoms with Gasteiger partial charge in [-0.15, -0.1) is 0 Å². The number of anilines is 1. The van der Waals surface area contributed by atoms with Crippen molar-refractivity contribution in [3.63, 3.8) is 0 Å². The lowest BCUT2D eigenvalue weighted by Gasteiger charge is -2.12. The molecule has 1 unspecified atom stereocenters. The number of hydrogen-bond acceptors (Lipinski definition) is 3. The third-order valence-electron chi connectivity index (χ3n) is 2.83. The Morgan fingerprint density at radius 3 is 2.95 bits per heavy atom. The second kappa shape index (κ2) is 6.43. The summed E-state index contributed by atoms with van der Waals surface area (Å²) >= 11 is 1.72. The van der Waals surface area contributed by atoms with E-state index in [9.17, 15) is 4.79 Å². The molecule has 19 heavy (non-hydrogen) atoms. The van der Waals surface area contributed by atoms with Crippen LogP contribution in [0.3, 0.4) is 0 Å². The summed E-state index contributed by atoms with van der Waals surface area (Å²) < 4.78 is 0. The van der Waals surface area contributed by atoms with Crippen molar-refractivity contribution in [2.45, 2.75) is 12.2 Å².